The summed E-state index contributed by atoms with van der Waals surface area (Å²) in [5.41, 5.74) is 2.04. The van der Waals surface area contributed by atoms with Gasteiger partial charge in [-0.05, 0) is 36.4 Å². The van der Waals surface area contributed by atoms with Gasteiger partial charge in [0.15, 0.2) is 5.16 Å². The van der Waals surface area contributed by atoms with Crippen LogP contribution in [0.4, 0.5) is 0 Å². The van der Waals surface area contributed by atoms with Crippen molar-refractivity contribution >= 4 is 11.8 Å². The molecule has 1 heterocycles. The first-order chi connectivity index (χ1) is 13.0. The summed E-state index contributed by atoms with van der Waals surface area (Å²) in [6.45, 7) is 2.52. The molecule has 1 aromatic heterocycles. The van der Waals surface area contributed by atoms with Crippen LogP contribution in [0.25, 0.3) is 0 Å². The van der Waals surface area contributed by atoms with Crippen LogP contribution in [0.2, 0.25) is 0 Å². The molecule has 0 saturated carbocycles. The van der Waals surface area contributed by atoms with Crippen molar-refractivity contribution < 1.29 is 4.74 Å². The maximum Gasteiger partial charge on any atom is 0.354 e. The molecule has 2 aromatic carbocycles. The highest BCUT2D eigenvalue weighted by Gasteiger charge is 2.13. The van der Waals surface area contributed by atoms with Crippen LogP contribution in [-0.4, -0.2) is 27.5 Å². The standard InChI is InChI=1S/C20H21N3O3S/c1-14-4-6-15(7-5-14)12-22-18(24)21-19(27-3)23(20(22)25)13-16-8-10-17(26-2)11-9-16/h4-11H,12-13H2,1-3H3. The maximum atomic E-state index is 13.0. The van der Waals surface area contributed by atoms with Crippen LogP contribution in [0.5, 0.6) is 5.75 Å². The van der Waals surface area contributed by atoms with Gasteiger partial charge in [-0.25, -0.2) is 14.2 Å². The van der Waals surface area contributed by atoms with Crippen molar-refractivity contribution in [3.05, 3.63) is 86.2 Å². The highest BCUT2D eigenvalue weighted by molar-refractivity contribution is 7.98. The van der Waals surface area contributed by atoms with Gasteiger partial charge in [-0.2, -0.15) is 4.98 Å². The zero-order valence-electron chi connectivity index (χ0n) is 15.5. The molecule has 0 aliphatic heterocycles. The molecule has 0 bridgehead atoms. The van der Waals surface area contributed by atoms with Gasteiger partial charge in [0.2, 0.25) is 0 Å². The minimum atomic E-state index is -0.532. The highest BCUT2D eigenvalue weighted by atomic mass is 32.2. The molecule has 0 saturated heterocycles. The summed E-state index contributed by atoms with van der Waals surface area (Å²) in [5, 5.41) is 0.404. The third-order valence-corrected chi connectivity index (χ3v) is 4.94. The van der Waals surface area contributed by atoms with E-state index in [1.54, 1.807) is 13.4 Å². The van der Waals surface area contributed by atoms with Gasteiger partial charge in [-0.1, -0.05) is 53.7 Å². The third-order valence-electron chi connectivity index (χ3n) is 4.26. The van der Waals surface area contributed by atoms with Gasteiger partial charge in [0, 0.05) is 0 Å². The van der Waals surface area contributed by atoms with Crippen molar-refractivity contribution in [2.45, 2.75) is 25.2 Å². The van der Waals surface area contributed by atoms with E-state index in [0.717, 1.165) is 22.4 Å². The van der Waals surface area contributed by atoms with Gasteiger partial charge >= 0.3 is 11.4 Å². The molecule has 0 fully saturated rings. The number of aromatic nitrogens is 3. The minimum absolute atomic E-state index is 0.197. The highest BCUT2D eigenvalue weighted by Crippen LogP contribution is 2.14. The normalized spacial score (nSPS) is 10.8. The molecular weight excluding hydrogens is 362 g/mol. The Hall–Kier alpha value is -2.80. The number of hydrogen-bond donors (Lipinski definition) is 0. The van der Waals surface area contributed by atoms with Gasteiger partial charge in [0.05, 0.1) is 20.2 Å². The fourth-order valence-electron chi connectivity index (χ4n) is 2.73. The molecule has 0 aliphatic rings. The second-order valence-electron chi connectivity index (χ2n) is 6.17. The second-order valence-corrected chi connectivity index (χ2v) is 6.94. The van der Waals surface area contributed by atoms with E-state index in [1.165, 1.54) is 20.9 Å². The summed E-state index contributed by atoms with van der Waals surface area (Å²) in [4.78, 5) is 29.5. The van der Waals surface area contributed by atoms with Crippen molar-refractivity contribution in [1.29, 1.82) is 0 Å². The lowest BCUT2D eigenvalue weighted by Gasteiger charge is -2.13. The van der Waals surface area contributed by atoms with Gasteiger partial charge < -0.3 is 4.74 Å². The van der Waals surface area contributed by atoms with Crippen LogP contribution >= 0.6 is 11.8 Å². The van der Waals surface area contributed by atoms with E-state index in [9.17, 15) is 9.59 Å². The largest absolute Gasteiger partial charge is 0.497 e. The molecule has 0 aliphatic carbocycles. The summed E-state index contributed by atoms with van der Waals surface area (Å²) in [5.74, 6) is 0.749. The van der Waals surface area contributed by atoms with Crippen LogP contribution in [0.15, 0.2) is 63.3 Å². The van der Waals surface area contributed by atoms with E-state index in [2.05, 4.69) is 4.98 Å². The topological polar surface area (TPSA) is 66.1 Å². The molecular formula is C20H21N3O3S. The van der Waals surface area contributed by atoms with Crippen molar-refractivity contribution in [1.82, 2.24) is 14.1 Å². The van der Waals surface area contributed by atoms with Crippen molar-refractivity contribution in [3.8, 4) is 5.75 Å². The molecule has 0 N–H and O–H groups in total. The summed E-state index contributed by atoms with van der Waals surface area (Å²) < 4.78 is 7.87. The number of aryl methyl sites for hydroxylation is 1. The van der Waals surface area contributed by atoms with Gasteiger partial charge in [-0.3, -0.25) is 4.57 Å². The Labute approximate surface area is 161 Å². The summed E-state index contributed by atoms with van der Waals surface area (Å²) >= 11 is 1.28. The molecule has 3 rings (SSSR count). The maximum absolute atomic E-state index is 13.0. The molecule has 6 nitrogen and oxygen atoms in total. The summed E-state index contributed by atoms with van der Waals surface area (Å²) in [6.07, 6.45) is 1.80. The van der Waals surface area contributed by atoms with E-state index < -0.39 is 5.69 Å². The molecule has 0 unspecified atom stereocenters. The average Bonchev–Trinajstić information content (AvgIpc) is 2.69. The van der Waals surface area contributed by atoms with Crippen LogP contribution in [0.3, 0.4) is 0 Å². The average molecular weight is 383 g/mol. The Morgan fingerprint density at radius 2 is 1.48 bits per heavy atom. The molecule has 140 valence electrons. The van der Waals surface area contributed by atoms with Crippen molar-refractivity contribution in [2.75, 3.05) is 13.4 Å². The monoisotopic (exact) mass is 383 g/mol. The Morgan fingerprint density at radius 1 is 0.926 bits per heavy atom. The van der Waals surface area contributed by atoms with Crippen LogP contribution < -0.4 is 16.1 Å². The van der Waals surface area contributed by atoms with Crippen molar-refractivity contribution in [2.24, 2.45) is 0 Å². The zero-order valence-corrected chi connectivity index (χ0v) is 16.3. The first kappa shape index (κ1) is 19.0. The molecule has 0 radical (unpaired) electrons. The van der Waals surface area contributed by atoms with E-state index >= 15 is 0 Å². The molecule has 0 amide bonds. The van der Waals surface area contributed by atoms with E-state index in [1.807, 2.05) is 55.5 Å². The predicted molar refractivity (Wildman–Crippen MR) is 107 cm³/mol. The number of hydrogen-bond acceptors (Lipinski definition) is 5. The number of ether oxygens (including phenoxy) is 1. The Balaban J connectivity index is 2.00. The number of thioether (sulfide) groups is 1. The van der Waals surface area contributed by atoms with E-state index in [0.29, 0.717) is 11.7 Å². The number of methoxy groups -OCH3 is 1. The Morgan fingerprint density at radius 3 is 2.04 bits per heavy atom. The van der Waals surface area contributed by atoms with Crippen LogP contribution in [-0.2, 0) is 13.1 Å². The van der Waals surface area contributed by atoms with E-state index in [4.69, 9.17) is 4.74 Å². The third kappa shape index (κ3) is 4.31. The lowest BCUT2D eigenvalue weighted by molar-refractivity contribution is 0.414. The van der Waals surface area contributed by atoms with E-state index in [-0.39, 0.29) is 12.2 Å². The fraction of sp³-hybridized carbons (Fsp3) is 0.250. The Bertz CT molecular complexity index is 1040. The lowest BCUT2D eigenvalue weighted by atomic mass is 10.1. The van der Waals surface area contributed by atoms with Gasteiger partial charge in [0.25, 0.3) is 0 Å². The number of rotatable bonds is 6. The number of benzene rings is 2. The summed E-state index contributed by atoms with van der Waals surface area (Å²) in [6, 6.07) is 15.2. The van der Waals surface area contributed by atoms with Crippen LogP contribution in [0.1, 0.15) is 16.7 Å². The molecule has 0 atom stereocenters. The number of nitrogens with zero attached hydrogens (tertiary/aromatic N) is 3. The zero-order chi connectivity index (χ0) is 19.4. The molecule has 7 heteroatoms. The lowest BCUT2D eigenvalue weighted by Crippen LogP contribution is -2.42. The fourth-order valence-corrected chi connectivity index (χ4v) is 3.26. The van der Waals surface area contributed by atoms with Gasteiger partial charge in [0.1, 0.15) is 5.75 Å². The first-order valence-corrected chi connectivity index (χ1v) is 9.68. The molecule has 27 heavy (non-hydrogen) atoms. The minimum Gasteiger partial charge on any atom is -0.497 e. The van der Waals surface area contributed by atoms with Crippen LogP contribution in [0, 0.1) is 6.92 Å². The first-order valence-electron chi connectivity index (χ1n) is 8.46. The smallest absolute Gasteiger partial charge is 0.354 e. The van der Waals surface area contributed by atoms with Crippen molar-refractivity contribution in [3.63, 3.8) is 0 Å². The quantitative estimate of drug-likeness (QED) is 0.612. The Kier molecular flexibility index (Phi) is 5.81. The second kappa shape index (κ2) is 8.26. The molecule has 3 aromatic rings. The molecule has 0 spiro atoms. The predicted octanol–water partition coefficient (Wildman–Crippen LogP) is 2.54. The van der Waals surface area contributed by atoms with Gasteiger partial charge in [-0.15, -0.1) is 0 Å². The SMILES string of the molecule is COc1ccc(Cn2c(SC)nc(=O)n(Cc3ccc(C)cc3)c2=O)cc1. The summed E-state index contributed by atoms with van der Waals surface area (Å²) in [7, 11) is 1.61.